The van der Waals surface area contributed by atoms with Crippen molar-refractivity contribution >= 4 is 27.3 Å². The Labute approximate surface area is 122 Å². The van der Waals surface area contributed by atoms with Crippen LogP contribution in [0.15, 0.2) is 16.3 Å². The topological polar surface area (TPSA) is 86.7 Å². The van der Waals surface area contributed by atoms with Gasteiger partial charge in [0.1, 0.15) is 4.88 Å². The first kappa shape index (κ1) is 15.4. The van der Waals surface area contributed by atoms with Crippen LogP contribution in [0.2, 0.25) is 0 Å². The van der Waals surface area contributed by atoms with E-state index in [-0.39, 0.29) is 9.77 Å². The van der Waals surface area contributed by atoms with Gasteiger partial charge in [-0.25, -0.2) is 17.9 Å². The number of hydrogen-bond acceptors (Lipinski definition) is 5. The van der Waals surface area contributed by atoms with Gasteiger partial charge in [0, 0.05) is 18.5 Å². The van der Waals surface area contributed by atoms with Gasteiger partial charge in [-0.05, 0) is 32.0 Å². The molecule has 1 aliphatic rings. The first-order valence-electron chi connectivity index (χ1n) is 6.53. The van der Waals surface area contributed by atoms with Crippen molar-refractivity contribution in [2.45, 2.75) is 24.2 Å². The monoisotopic (exact) mass is 318 g/mol. The number of likely N-dealkylation sites (tertiary alicyclic amines) is 1. The third kappa shape index (κ3) is 4.02. The molecule has 2 N–H and O–H groups in total. The number of aromatic carboxylic acids is 1. The van der Waals surface area contributed by atoms with Crippen molar-refractivity contribution in [2.24, 2.45) is 0 Å². The largest absolute Gasteiger partial charge is 0.477 e. The smallest absolute Gasteiger partial charge is 0.345 e. The first-order valence-corrected chi connectivity index (χ1v) is 8.89. The number of thiophene rings is 1. The van der Waals surface area contributed by atoms with Crippen molar-refractivity contribution in [1.82, 2.24) is 9.62 Å². The molecule has 0 atom stereocenters. The van der Waals surface area contributed by atoms with Crippen molar-refractivity contribution in [3.05, 3.63) is 16.3 Å². The van der Waals surface area contributed by atoms with E-state index < -0.39 is 16.0 Å². The molecule has 20 heavy (non-hydrogen) atoms. The number of carboxylic acids is 1. The van der Waals surface area contributed by atoms with Crippen LogP contribution in [0.3, 0.4) is 0 Å². The summed E-state index contributed by atoms with van der Waals surface area (Å²) in [5.74, 6) is -1.11. The van der Waals surface area contributed by atoms with Crippen LogP contribution in [0.25, 0.3) is 0 Å². The van der Waals surface area contributed by atoms with Crippen molar-refractivity contribution < 1.29 is 18.3 Å². The fraction of sp³-hybridized carbons (Fsp3) is 0.583. The molecular weight excluding hydrogens is 300 g/mol. The Hall–Kier alpha value is -0.960. The summed E-state index contributed by atoms with van der Waals surface area (Å²) in [5.41, 5.74) is 0. The highest BCUT2D eigenvalue weighted by molar-refractivity contribution is 7.89. The quantitative estimate of drug-likeness (QED) is 0.823. The Morgan fingerprint density at radius 1 is 1.35 bits per heavy atom. The number of hydrogen-bond donors (Lipinski definition) is 2. The maximum absolute atomic E-state index is 12.0. The van der Waals surface area contributed by atoms with E-state index in [9.17, 15) is 13.2 Å². The van der Waals surface area contributed by atoms with E-state index in [1.54, 1.807) is 0 Å². The summed E-state index contributed by atoms with van der Waals surface area (Å²) in [6, 6.07) is 1.19. The van der Waals surface area contributed by atoms with Gasteiger partial charge in [0.05, 0.1) is 4.90 Å². The Bertz CT molecular complexity index is 562. The summed E-state index contributed by atoms with van der Waals surface area (Å²) < 4.78 is 26.5. The molecule has 0 saturated carbocycles. The van der Waals surface area contributed by atoms with Crippen molar-refractivity contribution in [3.8, 4) is 0 Å². The van der Waals surface area contributed by atoms with Crippen LogP contribution in [0, 0.1) is 0 Å². The van der Waals surface area contributed by atoms with Crippen LogP contribution < -0.4 is 4.72 Å². The van der Waals surface area contributed by atoms with Crippen LogP contribution in [0.1, 0.15) is 28.9 Å². The average Bonchev–Trinajstić information content (AvgIpc) is 2.90. The summed E-state index contributed by atoms with van der Waals surface area (Å²) in [6.07, 6.45) is 3.58. The van der Waals surface area contributed by atoms with Gasteiger partial charge < -0.3 is 10.0 Å². The van der Waals surface area contributed by atoms with Crippen LogP contribution in [0.4, 0.5) is 0 Å². The van der Waals surface area contributed by atoms with Crippen LogP contribution in [-0.4, -0.2) is 50.6 Å². The van der Waals surface area contributed by atoms with E-state index >= 15 is 0 Å². The fourth-order valence-corrected chi connectivity index (χ4v) is 4.31. The molecule has 1 aromatic rings. The molecule has 1 fully saturated rings. The first-order chi connectivity index (χ1) is 9.49. The summed E-state index contributed by atoms with van der Waals surface area (Å²) in [4.78, 5) is 13.0. The number of carboxylic acid groups (broad SMARTS) is 1. The number of nitrogens with zero attached hydrogens (tertiary/aromatic N) is 1. The highest BCUT2D eigenvalue weighted by Crippen LogP contribution is 2.19. The molecule has 0 unspecified atom stereocenters. The second-order valence-corrected chi connectivity index (χ2v) is 7.43. The highest BCUT2D eigenvalue weighted by atomic mass is 32.2. The SMILES string of the molecule is O=C(O)c1cc(S(=O)(=O)NCCN2CCCCC2)cs1. The average molecular weight is 318 g/mol. The minimum atomic E-state index is -3.60. The van der Waals surface area contributed by atoms with Gasteiger partial charge in [-0.1, -0.05) is 6.42 Å². The fourth-order valence-electron chi connectivity index (χ4n) is 2.18. The molecule has 1 aromatic heterocycles. The summed E-state index contributed by atoms with van der Waals surface area (Å²) in [7, 11) is -3.60. The lowest BCUT2D eigenvalue weighted by atomic mass is 10.1. The van der Waals surface area contributed by atoms with E-state index in [0.717, 1.165) is 24.4 Å². The molecule has 0 amide bonds. The lowest BCUT2D eigenvalue weighted by molar-refractivity contribution is 0.0702. The van der Waals surface area contributed by atoms with Gasteiger partial charge in [-0.15, -0.1) is 11.3 Å². The highest BCUT2D eigenvalue weighted by Gasteiger charge is 2.18. The van der Waals surface area contributed by atoms with Gasteiger partial charge in [0.15, 0.2) is 0 Å². The number of carbonyl (C=O) groups is 1. The molecule has 0 radical (unpaired) electrons. The molecule has 2 rings (SSSR count). The van der Waals surface area contributed by atoms with Gasteiger partial charge in [0.2, 0.25) is 10.0 Å². The second-order valence-electron chi connectivity index (χ2n) is 4.75. The van der Waals surface area contributed by atoms with Gasteiger partial charge in [-0.3, -0.25) is 0 Å². The molecule has 112 valence electrons. The van der Waals surface area contributed by atoms with Crippen LogP contribution >= 0.6 is 11.3 Å². The number of sulfonamides is 1. The van der Waals surface area contributed by atoms with Crippen molar-refractivity contribution in [2.75, 3.05) is 26.2 Å². The number of rotatable bonds is 6. The number of nitrogens with one attached hydrogen (secondary N) is 1. The zero-order chi connectivity index (χ0) is 14.6. The molecule has 2 heterocycles. The van der Waals surface area contributed by atoms with Gasteiger partial charge in [-0.2, -0.15) is 0 Å². The van der Waals surface area contributed by atoms with E-state index in [2.05, 4.69) is 9.62 Å². The lowest BCUT2D eigenvalue weighted by Crippen LogP contribution is -2.37. The predicted molar refractivity (Wildman–Crippen MR) is 76.8 cm³/mol. The summed E-state index contributed by atoms with van der Waals surface area (Å²) in [6.45, 7) is 3.07. The summed E-state index contributed by atoms with van der Waals surface area (Å²) >= 11 is 0.917. The molecule has 0 spiro atoms. The van der Waals surface area contributed by atoms with Crippen molar-refractivity contribution in [1.29, 1.82) is 0 Å². The maximum Gasteiger partial charge on any atom is 0.345 e. The number of piperidine rings is 1. The van der Waals surface area contributed by atoms with Gasteiger partial charge >= 0.3 is 5.97 Å². The maximum atomic E-state index is 12.0. The minimum absolute atomic E-state index is 0.0264. The third-order valence-electron chi connectivity index (χ3n) is 3.27. The van der Waals surface area contributed by atoms with Crippen molar-refractivity contribution in [3.63, 3.8) is 0 Å². The molecule has 0 bridgehead atoms. The second kappa shape index (κ2) is 6.66. The van der Waals surface area contributed by atoms with Crippen LogP contribution in [0.5, 0.6) is 0 Å². The molecule has 0 aromatic carbocycles. The Balaban J connectivity index is 1.88. The van der Waals surface area contributed by atoms with E-state index in [1.165, 1.54) is 30.7 Å². The zero-order valence-corrected chi connectivity index (χ0v) is 12.7. The van der Waals surface area contributed by atoms with Gasteiger partial charge in [0.25, 0.3) is 0 Å². The standard InChI is InChI=1S/C12H18N2O4S2/c15-12(16)11-8-10(9-19-11)20(17,18)13-4-7-14-5-2-1-3-6-14/h8-9,13H,1-7H2,(H,15,16). The van der Waals surface area contributed by atoms with Crippen LogP contribution in [-0.2, 0) is 10.0 Å². The normalized spacial score (nSPS) is 17.2. The molecule has 8 heteroatoms. The minimum Gasteiger partial charge on any atom is -0.477 e. The van der Waals surface area contributed by atoms with E-state index in [0.29, 0.717) is 13.1 Å². The molecule has 1 saturated heterocycles. The molecule has 0 aliphatic carbocycles. The Morgan fingerprint density at radius 3 is 2.65 bits per heavy atom. The van der Waals surface area contributed by atoms with E-state index in [1.807, 2.05) is 0 Å². The van der Waals surface area contributed by atoms with E-state index in [4.69, 9.17) is 5.11 Å². The Kier molecular flexibility index (Phi) is 5.14. The Morgan fingerprint density at radius 2 is 2.05 bits per heavy atom. The summed E-state index contributed by atoms with van der Waals surface area (Å²) in [5, 5.41) is 10.2. The zero-order valence-electron chi connectivity index (χ0n) is 11.0. The third-order valence-corrected chi connectivity index (χ3v) is 5.77. The molecular formula is C12H18N2O4S2. The molecule has 6 nitrogen and oxygen atoms in total. The predicted octanol–water partition coefficient (Wildman–Crippen LogP) is 1.21. The lowest BCUT2D eigenvalue weighted by Gasteiger charge is -2.26. The molecule has 1 aliphatic heterocycles.